The maximum atomic E-state index is 13.0. The second kappa shape index (κ2) is 14.9. The zero-order valence-electron chi connectivity index (χ0n) is 29.0. The number of benzene rings is 4. The number of methoxy groups -OCH3 is 2. The summed E-state index contributed by atoms with van der Waals surface area (Å²) in [6, 6.07) is 25.0. The van der Waals surface area contributed by atoms with Crippen LogP contribution in [0.2, 0.25) is 0 Å². The Morgan fingerprint density at radius 1 is 0.636 bits per heavy atom. The van der Waals surface area contributed by atoms with Crippen LogP contribution < -0.4 is 20.7 Å². The number of fused-ring (bicyclic) bond motifs is 2. The van der Waals surface area contributed by atoms with Crippen molar-refractivity contribution in [2.24, 2.45) is 9.98 Å². The van der Waals surface area contributed by atoms with E-state index in [0.717, 1.165) is 33.8 Å². The summed E-state index contributed by atoms with van der Waals surface area (Å²) in [4.78, 5) is 43.8. The van der Waals surface area contributed by atoms with Crippen LogP contribution in [-0.4, -0.2) is 46.8 Å². The van der Waals surface area contributed by atoms with Crippen LogP contribution in [-0.2, 0) is 6.42 Å². The number of rotatable bonds is 10. The number of aromatic hydroxyl groups is 2. The summed E-state index contributed by atoms with van der Waals surface area (Å²) in [5.41, 5.74) is 2.54. The molecule has 8 rings (SSSR count). The van der Waals surface area contributed by atoms with Gasteiger partial charge in [0.05, 0.1) is 36.4 Å². The molecule has 0 radical (unpaired) electrons. The number of ether oxygens (including phenoxy) is 2. The Labute approximate surface area is 319 Å². The third kappa shape index (κ3) is 7.23. The molecule has 0 saturated heterocycles. The fourth-order valence-corrected chi connectivity index (χ4v) is 7.19. The van der Waals surface area contributed by atoms with E-state index in [4.69, 9.17) is 18.3 Å². The molecule has 0 unspecified atom stereocenters. The summed E-state index contributed by atoms with van der Waals surface area (Å²) in [7, 11) is 3.19. The maximum Gasteiger partial charge on any atom is 0.349 e. The van der Waals surface area contributed by atoms with Crippen molar-refractivity contribution in [3.8, 4) is 45.5 Å². The molecule has 0 saturated carbocycles. The molecule has 4 aromatic heterocycles. The molecule has 8 aromatic rings. The Balaban J connectivity index is 1.05. The minimum Gasteiger partial charge on any atom is -0.506 e. The van der Waals surface area contributed by atoms with Gasteiger partial charge < -0.3 is 28.5 Å². The molecule has 0 atom stereocenters. The van der Waals surface area contributed by atoms with Crippen LogP contribution in [0.4, 0.5) is 10.3 Å². The van der Waals surface area contributed by atoms with Crippen LogP contribution in [0.25, 0.3) is 44.5 Å². The molecule has 4 heterocycles. The summed E-state index contributed by atoms with van der Waals surface area (Å²) in [5, 5.41) is 27.4. The van der Waals surface area contributed by atoms with Crippen LogP contribution >= 0.6 is 22.7 Å². The van der Waals surface area contributed by atoms with Gasteiger partial charge in [0.1, 0.15) is 45.3 Å². The first-order chi connectivity index (χ1) is 26.8. The first-order valence-corrected chi connectivity index (χ1v) is 18.4. The second-order valence-corrected chi connectivity index (χ2v) is 13.8. The van der Waals surface area contributed by atoms with Gasteiger partial charge in [-0.15, -0.1) is 22.7 Å². The molecule has 0 bridgehead atoms. The van der Waals surface area contributed by atoms with E-state index in [1.807, 2.05) is 48.5 Å². The maximum absolute atomic E-state index is 13.0. The summed E-state index contributed by atoms with van der Waals surface area (Å²) in [6.45, 7) is 0. The summed E-state index contributed by atoms with van der Waals surface area (Å²) in [6.07, 6.45) is 3.67. The van der Waals surface area contributed by atoms with Crippen LogP contribution in [0.15, 0.2) is 124 Å². The Hall–Kier alpha value is -6.90. The van der Waals surface area contributed by atoms with Gasteiger partial charge in [-0.1, -0.05) is 12.1 Å². The van der Waals surface area contributed by atoms with E-state index >= 15 is 0 Å². The van der Waals surface area contributed by atoms with Crippen molar-refractivity contribution >= 4 is 67.3 Å². The number of thiazole rings is 2. The van der Waals surface area contributed by atoms with E-state index in [-0.39, 0.29) is 45.2 Å². The highest BCUT2D eigenvalue weighted by Gasteiger charge is 2.21. The smallest absolute Gasteiger partial charge is 0.349 e. The first kappa shape index (κ1) is 35.1. The molecule has 55 heavy (non-hydrogen) atoms. The Kier molecular flexibility index (Phi) is 9.49. The average Bonchev–Trinajstić information content (AvgIpc) is 3.87. The summed E-state index contributed by atoms with van der Waals surface area (Å²) in [5.74, 6) is 0.933. The SMILES string of the molecule is COc1ccc(/C=N/c2nc(-c3c(O)c4cc(Cc5ccc6oc(=O)c(-c7csc(/N=C/c8ccc(OC)cc8)n7)c(O)c6c5)ccc4oc3=O)cs2)cc1. The minimum absolute atomic E-state index is 0.0680. The molecule has 4 aromatic carbocycles. The molecular formula is C41H28N4O8S2. The monoisotopic (exact) mass is 768 g/mol. The summed E-state index contributed by atoms with van der Waals surface area (Å²) >= 11 is 2.44. The zero-order chi connectivity index (χ0) is 38.1. The Morgan fingerprint density at radius 2 is 1.05 bits per heavy atom. The number of hydrogen-bond donors (Lipinski definition) is 2. The van der Waals surface area contributed by atoms with Crippen molar-refractivity contribution < 1.29 is 28.5 Å². The number of nitrogens with zero attached hydrogens (tertiary/aromatic N) is 4. The van der Waals surface area contributed by atoms with Crippen molar-refractivity contribution in [2.75, 3.05) is 14.2 Å². The molecule has 2 N–H and O–H groups in total. The lowest BCUT2D eigenvalue weighted by atomic mass is 10.00. The zero-order valence-corrected chi connectivity index (χ0v) is 30.7. The molecule has 14 heteroatoms. The third-order valence-corrected chi connectivity index (χ3v) is 10.2. The fraction of sp³-hybridized carbons (Fsp3) is 0.0732. The van der Waals surface area contributed by atoms with Crippen molar-refractivity contribution in [1.82, 2.24) is 9.97 Å². The molecule has 0 aliphatic rings. The lowest BCUT2D eigenvalue weighted by molar-refractivity contribution is 0.414. The Morgan fingerprint density at radius 3 is 1.45 bits per heavy atom. The highest BCUT2D eigenvalue weighted by molar-refractivity contribution is 7.14. The molecule has 12 nitrogen and oxygen atoms in total. The topological polar surface area (TPSA) is 170 Å². The quantitative estimate of drug-likeness (QED) is 0.101. The highest BCUT2D eigenvalue weighted by atomic mass is 32.1. The number of hydrogen-bond acceptors (Lipinski definition) is 14. The molecule has 0 aliphatic carbocycles. The van der Waals surface area contributed by atoms with Gasteiger partial charge >= 0.3 is 11.3 Å². The molecule has 0 amide bonds. The summed E-state index contributed by atoms with van der Waals surface area (Å²) < 4.78 is 21.6. The molecular weight excluding hydrogens is 741 g/mol. The van der Waals surface area contributed by atoms with Crippen molar-refractivity contribution in [1.29, 1.82) is 0 Å². The lowest BCUT2D eigenvalue weighted by Crippen LogP contribution is -2.04. The molecule has 0 aliphatic heterocycles. The normalized spacial score (nSPS) is 11.7. The minimum atomic E-state index is -0.729. The van der Waals surface area contributed by atoms with Gasteiger partial charge in [0.25, 0.3) is 0 Å². The van der Waals surface area contributed by atoms with Gasteiger partial charge in [0.15, 0.2) is 0 Å². The average molecular weight is 769 g/mol. The number of aliphatic imine (C=N–C) groups is 2. The van der Waals surface area contributed by atoms with E-state index in [9.17, 15) is 19.8 Å². The lowest BCUT2D eigenvalue weighted by Gasteiger charge is -2.09. The van der Waals surface area contributed by atoms with Gasteiger partial charge in [0, 0.05) is 23.2 Å². The second-order valence-electron chi connectivity index (χ2n) is 12.2. The van der Waals surface area contributed by atoms with Crippen LogP contribution in [0.3, 0.4) is 0 Å². The van der Waals surface area contributed by atoms with Gasteiger partial charge in [0.2, 0.25) is 10.3 Å². The first-order valence-electron chi connectivity index (χ1n) is 16.6. The van der Waals surface area contributed by atoms with E-state index < -0.39 is 11.3 Å². The van der Waals surface area contributed by atoms with Gasteiger partial charge in [-0.05, 0) is 101 Å². The van der Waals surface area contributed by atoms with E-state index in [2.05, 4.69) is 20.0 Å². The van der Waals surface area contributed by atoms with Crippen molar-refractivity contribution in [3.05, 3.63) is 139 Å². The van der Waals surface area contributed by atoms with Crippen LogP contribution in [0.1, 0.15) is 22.3 Å². The number of aromatic nitrogens is 2. The van der Waals surface area contributed by atoms with Gasteiger partial charge in [-0.2, -0.15) is 0 Å². The van der Waals surface area contributed by atoms with Crippen molar-refractivity contribution in [3.63, 3.8) is 0 Å². The molecule has 272 valence electrons. The fourth-order valence-electron chi connectivity index (χ4n) is 5.89. The predicted octanol–water partition coefficient (Wildman–Crippen LogP) is 8.67. The predicted molar refractivity (Wildman–Crippen MR) is 214 cm³/mol. The third-order valence-electron chi connectivity index (χ3n) is 8.67. The van der Waals surface area contributed by atoms with Crippen LogP contribution in [0.5, 0.6) is 23.0 Å². The van der Waals surface area contributed by atoms with Gasteiger partial charge in [-0.25, -0.2) is 29.5 Å². The largest absolute Gasteiger partial charge is 0.506 e. The van der Waals surface area contributed by atoms with E-state index in [0.29, 0.717) is 27.5 Å². The molecule has 0 spiro atoms. The van der Waals surface area contributed by atoms with Crippen molar-refractivity contribution in [2.45, 2.75) is 6.42 Å². The van der Waals surface area contributed by atoms with E-state index in [1.165, 1.54) is 22.7 Å². The van der Waals surface area contributed by atoms with Gasteiger partial charge in [-0.3, -0.25) is 0 Å². The Bertz CT molecular complexity index is 2690. The van der Waals surface area contributed by atoms with Crippen LogP contribution in [0, 0.1) is 0 Å². The highest BCUT2D eigenvalue weighted by Crippen LogP contribution is 2.38. The molecule has 0 fully saturated rings. The van der Waals surface area contributed by atoms with E-state index in [1.54, 1.807) is 73.8 Å². The standard InChI is InChI=1S/C41H28N4O8S2/c1-50-26-9-3-22(4-10-26)18-42-40-44-30(20-54-40)34-36(46)28-16-24(7-13-32(28)52-38(34)48)15-25-8-14-33-29(17-25)37(47)35(39(49)53-33)31-21-55-41(45-31)43-19-23-5-11-27(51-2)12-6-23/h3-14,16-21,46-47H,15H2,1-2H3/b42-18+,43-19+.